The third kappa shape index (κ3) is 8.19. The van der Waals surface area contributed by atoms with Gasteiger partial charge in [-0.05, 0) is 62.6 Å². The number of benzene rings is 2. The van der Waals surface area contributed by atoms with Crippen LogP contribution in [0.4, 0.5) is 4.39 Å². The van der Waals surface area contributed by atoms with Crippen molar-refractivity contribution in [1.29, 1.82) is 0 Å². The number of methoxy groups -OCH3 is 1. The van der Waals surface area contributed by atoms with Crippen molar-refractivity contribution in [3.8, 4) is 5.75 Å². The number of amides is 2. The topological polar surface area (TPSA) is 58.6 Å². The molecule has 32 heavy (non-hydrogen) atoms. The number of nitrogens with one attached hydrogen (secondary N) is 1. The normalized spacial score (nSPS) is 12.2. The van der Waals surface area contributed by atoms with E-state index in [-0.39, 0.29) is 23.4 Å². The minimum absolute atomic E-state index is 0.108. The van der Waals surface area contributed by atoms with Crippen LogP contribution in [0.25, 0.3) is 0 Å². The zero-order valence-electron chi connectivity index (χ0n) is 19.5. The van der Waals surface area contributed by atoms with Crippen LogP contribution in [-0.2, 0) is 21.9 Å². The summed E-state index contributed by atoms with van der Waals surface area (Å²) in [6, 6.07) is 13.2. The van der Waals surface area contributed by atoms with E-state index in [1.54, 1.807) is 24.1 Å². The molecule has 2 amide bonds. The average Bonchev–Trinajstić information content (AvgIpc) is 2.74. The Labute approximate surface area is 194 Å². The highest BCUT2D eigenvalue weighted by Crippen LogP contribution is 2.19. The first-order valence-corrected chi connectivity index (χ1v) is 11.8. The lowest BCUT2D eigenvalue weighted by atomic mass is 10.1. The lowest BCUT2D eigenvalue weighted by molar-refractivity contribution is -0.140. The zero-order chi connectivity index (χ0) is 23.7. The van der Waals surface area contributed by atoms with Crippen LogP contribution in [0.1, 0.15) is 45.2 Å². The van der Waals surface area contributed by atoms with Gasteiger partial charge in [0.2, 0.25) is 11.8 Å². The maximum absolute atomic E-state index is 13.2. The summed E-state index contributed by atoms with van der Waals surface area (Å²) in [5.41, 5.74) is 1.48. The summed E-state index contributed by atoms with van der Waals surface area (Å²) in [4.78, 5) is 27.9. The van der Waals surface area contributed by atoms with Crippen LogP contribution in [0.3, 0.4) is 0 Å². The summed E-state index contributed by atoms with van der Waals surface area (Å²) in [6.07, 6.45) is 0.506. The van der Waals surface area contributed by atoms with Crippen molar-refractivity contribution < 1.29 is 18.7 Å². The van der Waals surface area contributed by atoms with Crippen LogP contribution in [0.5, 0.6) is 5.75 Å². The fourth-order valence-electron chi connectivity index (χ4n) is 3.22. The lowest BCUT2D eigenvalue weighted by Gasteiger charge is -2.33. The van der Waals surface area contributed by atoms with Gasteiger partial charge in [-0.25, -0.2) is 4.39 Å². The average molecular weight is 461 g/mol. The van der Waals surface area contributed by atoms with Crippen LogP contribution < -0.4 is 10.1 Å². The predicted molar refractivity (Wildman–Crippen MR) is 128 cm³/mol. The molecule has 0 unspecified atom stereocenters. The fourth-order valence-corrected chi connectivity index (χ4v) is 4.09. The molecule has 0 spiro atoms. The Balaban J connectivity index is 2.15. The standard InChI is InChI=1S/C25H33FN2O3S/c1-6-22(24(30)27-25(2,3)4)28(15-18-9-13-21(31-5)14-10-18)23(29)17-32-16-19-7-11-20(26)12-8-19/h7-14,22H,6,15-17H2,1-5H3,(H,27,30)/t22-/m1/s1. The van der Waals surface area contributed by atoms with Gasteiger partial charge in [-0.15, -0.1) is 11.8 Å². The Morgan fingerprint density at radius 3 is 2.19 bits per heavy atom. The highest BCUT2D eigenvalue weighted by Gasteiger charge is 2.30. The molecule has 7 heteroatoms. The zero-order valence-corrected chi connectivity index (χ0v) is 20.3. The summed E-state index contributed by atoms with van der Waals surface area (Å²) in [7, 11) is 1.60. The Bertz CT molecular complexity index is 880. The number of rotatable bonds is 10. The van der Waals surface area contributed by atoms with Gasteiger partial charge in [0.25, 0.3) is 0 Å². The molecule has 5 nitrogen and oxygen atoms in total. The van der Waals surface area contributed by atoms with Crippen LogP contribution in [-0.4, -0.2) is 41.2 Å². The molecule has 0 fully saturated rings. The van der Waals surface area contributed by atoms with Gasteiger partial charge in [0, 0.05) is 17.8 Å². The Hall–Kier alpha value is -2.54. The van der Waals surface area contributed by atoms with E-state index in [9.17, 15) is 14.0 Å². The molecule has 1 N–H and O–H groups in total. The molecule has 0 aliphatic rings. The second-order valence-corrected chi connectivity index (χ2v) is 9.64. The number of carbonyl (C=O) groups excluding carboxylic acids is 2. The van der Waals surface area contributed by atoms with Gasteiger partial charge in [-0.3, -0.25) is 9.59 Å². The molecule has 174 valence electrons. The summed E-state index contributed by atoms with van der Waals surface area (Å²) < 4.78 is 18.3. The third-order valence-electron chi connectivity index (χ3n) is 4.80. The Morgan fingerprint density at radius 1 is 1.06 bits per heavy atom. The highest BCUT2D eigenvalue weighted by molar-refractivity contribution is 7.99. The van der Waals surface area contributed by atoms with Gasteiger partial charge in [-0.1, -0.05) is 31.2 Å². The number of nitrogens with zero attached hydrogens (tertiary/aromatic N) is 1. The van der Waals surface area contributed by atoms with E-state index in [2.05, 4.69) is 5.32 Å². The van der Waals surface area contributed by atoms with E-state index in [4.69, 9.17) is 4.74 Å². The van der Waals surface area contributed by atoms with Gasteiger partial charge in [-0.2, -0.15) is 0 Å². The summed E-state index contributed by atoms with van der Waals surface area (Å²) in [5.74, 6) is 1.00. The molecule has 0 saturated carbocycles. The number of ether oxygens (including phenoxy) is 1. The first kappa shape index (κ1) is 25.7. The van der Waals surface area contributed by atoms with Gasteiger partial charge in [0.15, 0.2) is 0 Å². The number of halogens is 1. The second kappa shape index (κ2) is 11.9. The van der Waals surface area contributed by atoms with Crippen molar-refractivity contribution in [3.63, 3.8) is 0 Å². The molecule has 1 atom stereocenters. The summed E-state index contributed by atoms with van der Waals surface area (Å²) in [6.45, 7) is 8.01. The molecule has 2 rings (SSSR count). The van der Waals surface area contributed by atoms with Crippen molar-refractivity contribution >= 4 is 23.6 Å². The minimum atomic E-state index is -0.574. The lowest BCUT2D eigenvalue weighted by Crippen LogP contribution is -2.53. The molecular weight excluding hydrogens is 427 g/mol. The number of hydrogen-bond donors (Lipinski definition) is 1. The fraction of sp³-hybridized carbons (Fsp3) is 0.440. The Morgan fingerprint density at radius 2 is 1.66 bits per heavy atom. The van der Waals surface area contributed by atoms with Crippen molar-refractivity contribution in [2.75, 3.05) is 12.9 Å². The molecule has 0 saturated heterocycles. The highest BCUT2D eigenvalue weighted by atomic mass is 32.2. The minimum Gasteiger partial charge on any atom is -0.497 e. The first-order valence-electron chi connectivity index (χ1n) is 10.7. The first-order chi connectivity index (χ1) is 15.1. The summed E-state index contributed by atoms with van der Waals surface area (Å²) >= 11 is 1.45. The van der Waals surface area contributed by atoms with E-state index in [0.717, 1.165) is 16.9 Å². The van der Waals surface area contributed by atoms with E-state index in [1.807, 2.05) is 52.0 Å². The van der Waals surface area contributed by atoms with Crippen LogP contribution in [0, 0.1) is 5.82 Å². The molecule has 0 heterocycles. The van der Waals surface area contributed by atoms with E-state index < -0.39 is 11.6 Å². The van der Waals surface area contributed by atoms with Crippen LogP contribution in [0.2, 0.25) is 0 Å². The van der Waals surface area contributed by atoms with Gasteiger partial charge in [0.1, 0.15) is 17.6 Å². The van der Waals surface area contributed by atoms with Gasteiger partial charge in [0.05, 0.1) is 12.9 Å². The van der Waals surface area contributed by atoms with Crippen LogP contribution in [0.15, 0.2) is 48.5 Å². The largest absolute Gasteiger partial charge is 0.497 e. The maximum atomic E-state index is 13.2. The van der Waals surface area contributed by atoms with E-state index >= 15 is 0 Å². The van der Waals surface area contributed by atoms with Crippen LogP contribution >= 0.6 is 11.8 Å². The smallest absolute Gasteiger partial charge is 0.243 e. The molecular formula is C25H33FN2O3S. The number of hydrogen-bond acceptors (Lipinski definition) is 4. The predicted octanol–water partition coefficient (Wildman–Crippen LogP) is 4.79. The van der Waals surface area contributed by atoms with Crippen molar-refractivity contribution in [1.82, 2.24) is 10.2 Å². The van der Waals surface area contributed by atoms with Gasteiger partial charge < -0.3 is 15.0 Å². The molecule has 0 bridgehead atoms. The number of carbonyl (C=O) groups is 2. The molecule has 0 aliphatic carbocycles. The summed E-state index contributed by atoms with van der Waals surface area (Å²) in [5, 5.41) is 3.00. The third-order valence-corrected chi connectivity index (χ3v) is 5.79. The van der Waals surface area contributed by atoms with Gasteiger partial charge >= 0.3 is 0 Å². The Kier molecular flexibility index (Phi) is 9.57. The van der Waals surface area contributed by atoms with Crippen molar-refractivity contribution in [3.05, 3.63) is 65.5 Å². The molecule has 2 aromatic rings. The second-order valence-electron chi connectivity index (χ2n) is 8.65. The van der Waals surface area contributed by atoms with Crippen molar-refractivity contribution in [2.24, 2.45) is 0 Å². The maximum Gasteiger partial charge on any atom is 0.243 e. The molecule has 0 radical (unpaired) electrons. The van der Waals surface area contributed by atoms with E-state index in [1.165, 1.54) is 23.9 Å². The SMILES string of the molecule is CC[C@H](C(=O)NC(C)(C)C)N(Cc1ccc(OC)cc1)C(=O)CSCc1ccc(F)cc1. The molecule has 0 aliphatic heterocycles. The van der Waals surface area contributed by atoms with E-state index in [0.29, 0.717) is 18.7 Å². The molecule has 2 aromatic carbocycles. The number of thioether (sulfide) groups is 1. The quantitative estimate of drug-likeness (QED) is 0.554. The monoisotopic (exact) mass is 460 g/mol. The van der Waals surface area contributed by atoms with Crippen molar-refractivity contribution in [2.45, 2.75) is 58.0 Å². The molecule has 0 aromatic heterocycles.